The summed E-state index contributed by atoms with van der Waals surface area (Å²) in [5.41, 5.74) is 1.90. The minimum Gasteiger partial charge on any atom is -0.415 e. The Labute approximate surface area is 207 Å². The Bertz CT molecular complexity index is 984. The van der Waals surface area contributed by atoms with Crippen LogP contribution in [-0.4, -0.2) is 54.7 Å². The summed E-state index contributed by atoms with van der Waals surface area (Å²) in [5, 5.41) is 0.00605. The highest BCUT2D eigenvalue weighted by molar-refractivity contribution is 7.89. The van der Waals surface area contributed by atoms with Gasteiger partial charge in [0.15, 0.2) is 14.6 Å². The van der Waals surface area contributed by atoms with Crippen molar-refractivity contribution in [1.82, 2.24) is 4.31 Å². The van der Waals surface area contributed by atoms with Crippen LogP contribution in [0, 0.1) is 6.92 Å². The largest absolute Gasteiger partial charge is 0.415 e. The number of benzene rings is 2. The van der Waals surface area contributed by atoms with Gasteiger partial charge in [0.1, 0.15) is 0 Å². The average Bonchev–Trinajstić information content (AvgIpc) is 2.78. The third-order valence-corrected chi connectivity index (χ3v) is 13.1. The maximum absolute atomic E-state index is 14.0. The van der Waals surface area contributed by atoms with Crippen molar-refractivity contribution in [2.45, 2.75) is 69.5 Å². The van der Waals surface area contributed by atoms with Crippen LogP contribution in [0.5, 0.6) is 0 Å². The third kappa shape index (κ3) is 7.23. The Morgan fingerprint density at radius 3 is 2.00 bits per heavy atom. The topological polar surface area (TPSA) is 65.1 Å². The maximum Gasteiger partial charge on any atom is 0.243 e. The monoisotopic (exact) mass is 507 g/mol. The maximum atomic E-state index is 14.0. The van der Waals surface area contributed by atoms with Gasteiger partial charge in [-0.3, -0.25) is 0 Å². The summed E-state index contributed by atoms with van der Waals surface area (Å²) in [6.45, 7) is 13.3. The molecule has 0 aromatic heterocycles. The van der Waals surface area contributed by atoms with E-state index in [4.69, 9.17) is 13.9 Å². The van der Waals surface area contributed by atoms with Gasteiger partial charge in [0.05, 0.1) is 17.5 Å². The number of nitrogens with zero attached hydrogens (tertiary/aromatic N) is 1. The Balaban J connectivity index is 2.54. The second-order valence-electron chi connectivity index (χ2n) is 10.1. The molecule has 0 bridgehead atoms. The summed E-state index contributed by atoms with van der Waals surface area (Å²) >= 11 is 0. The molecule has 1 atom stereocenters. The number of sulfonamides is 1. The number of aryl methyl sites for hydroxylation is 1. The molecule has 0 saturated heterocycles. The Kier molecular flexibility index (Phi) is 10.1. The van der Waals surface area contributed by atoms with E-state index in [-0.39, 0.29) is 23.1 Å². The highest BCUT2D eigenvalue weighted by Crippen LogP contribution is 2.38. The van der Waals surface area contributed by atoms with E-state index in [9.17, 15) is 8.42 Å². The second-order valence-corrected chi connectivity index (χ2v) is 16.8. The van der Waals surface area contributed by atoms with Crippen LogP contribution in [0.25, 0.3) is 0 Å². The fourth-order valence-electron chi connectivity index (χ4n) is 3.38. The van der Waals surface area contributed by atoms with E-state index in [2.05, 4.69) is 33.9 Å². The molecule has 0 heterocycles. The molecular formula is C26H41NO5SSi. The molecule has 0 radical (unpaired) electrons. The first-order valence-corrected chi connectivity index (χ1v) is 16.0. The lowest BCUT2D eigenvalue weighted by atomic mass is 10.1. The van der Waals surface area contributed by atoms with Crippen molar-refractivity contribution in [2.24, 2.45) is 0 Å². The van der Waals surface area contributed by atoms with Gasteiger partial charge in [0, 0.05) is 27.2 Å². The van der Waals surface area contributed by atoms with Crippen LogP contribution in [0.3, 0.4) is 0 Å². The lowest BCUT2D eigenvalue weighted by molar-refractivity contribution is -0.108. The average molecular weight is 508 g/mol. The van der Waals surface area contributed by atoms with Crippen molar-refractivity contribution >= 4 is 18.3 Å². The summed E-state index contributed by atoms with van der Waals surface area (Å²) in [6, 6.07) is 16.2. The van der Waals surface area contributed by atoms with Crippen molar-refractivity contribution in [3.05, 3.63) is 65.7 Å². The van der Waals surface area contributed by atoms with Crippen molar-refractivity contribution in [1.29, 1.82) is 0 Å². The predicted molar refractivity (Wildman–Crippen MR) is 140 cm³/mol. The minimum absolute atomic E-state index is 0.00605. The number of hydrogen-bond donors (Lipinski definition) is 0. The summed E-state index contributed by atoms with van der Waals surface area (Å²) in [5.74, 6) is 0. The van der Waals surface area contributed by atoms with E-state index in [0.717, 1.165) is 11.1 Å². The van der Waals surface area contributed by atoms with Gasteiger partial charge in [-0.05, 0) is 42.8 Å². The fourth-order valence-corrected chi connectivity index (χ4v) is 6.00. The zero-order valence-corrected chi connectivity index (χ0v) is 23.7. The molecule has 0 aliphatic heterocycles. The Morgan fingerprint density at radius 1 is 0.941 bits per heavy atom. The smallest absolute Gasteiger partial charge is 0.243 e. The van der Waals surface area contributed by atoms with Gasteiger partial charge in [0.25, 0.3) is 0 Å². The van der Waals surface area contributed by atoms with Gasteiger partial charge >= 0.3 is 0 Å². The van der Waals surface area contributed by atoms with Crippen LogP contribution in [0.2, 0.25) is 18.1 Å². The standard InChI is InChI=1S/C26H41NO5SSi/c1-21-14-16-23(17-15-21)33(28,29)27(19-18-25(30-5)31-6)24(22-12-10-9-11-13-22)20-32-34(7,8)26(2,3)4/h9-17,24-25H,18-20H2,1-8H3/t24-/m1/s1. The highest BCUT2D eigenvalue weighted by atomic mass is 32.2. The number of methoxy groups -OCH3 is 2. The number of hydrogen-bond acceptors (Lipinski definition) is 5. The molecule has 190 valence electrons. The van der Waals surface area contributed by atoms with Crippen LogP contribution in [0.15, 0.2) is 59.5 Å². The van der Waals surface area contributed by atoms with Crippen molar-refractivity contribution < 1.29 is 22.3 Å². The molecule has 0 saturated carbocycles. The fraction of sp³-hybridized carbons (Fsp3) is 0.538. The van der Waals surface area contributed by atoms with Crippen LogP contribution < -0.4 is 0 Å². The third-order valence-electron chi connectivity index (χ3n) is 6.68. The Morgan fingerprint density at radius 2 is 1.50 bits per heavy atom. The molecule has 0 amide bonds. The van der Waals surface area contributed by atoms with Crippen LogP contribution in [-0.2, 0) is 23.9 Å². The molecule has 2 aromatic rings. The van der Waals surface area contributed by atoms with E-state index in [1.807, 2.05) is 49.4 Å². The first-order valence-electron chi connectivity index (χ1n) is 11.7. The molecule has 0 aliphatic rings. The number of ether oxygens (including phenoxy) is 2. The van der Waals surface area contributed by atoms with Crippen LogP contribution in [0.4, 0.5) is 0 Å². The van der Waals surface area contributed by atoms with Crippen molar-refractivity contribution in [3.8, 4) is 0 Å². The highest BCUT2D eigenvalue weighted by Gasteiger charge is 2.40. The molecule has 0 fully saturated rings. The van der Waals surface area contributed by atoms with Crippen LogP contribution in [0.1, 0.15) is 44.4 Å². The van der Waals surface area contributed by atoms with Gasteiger partial charge in [-0.15, -0.1) is 0 Å². The second kappa shape index (κ2) is 11.9. The zero-order valence-electron chi connectivity index (χ0n) is 21.9. The summed E-state index contributed by atoms with van der Waals surface area (Å²) in [4.78, 5) is 0.262. The van der Waals surface area contributed by atoms with Gasteiger partial charge in [-0.2, -0.15) is 4.31 Å². The summed E-state index contributed by atoms with van der Waals surface area (Å²) in [7, 11) is -2.83. The van der Waals surface area contributed by atoms with E-state index in [1.54, 1.807) is 30.7 Å². The summed E-state index contributed by atoms with van der Waals surface area (Å²) < 4.78 is 46.8. The molecule has 6 nitrogen and oxygen atoms in total. The van der Waals surface area contributed by atoms with Gasteiger partial charge < -0.3 is 13.9 Å². The molecule has 2 aromatic carbocycles. The molecule has 8 heteroatoms. The van der Waals surface area contributed by atoms with E-state index in [1.165, 1.54) is 0 Å². The van der Waals surface area contributed by atoms with E-state index >= 15 is 0 Å². The molecule has 0 N–H and O–H groups in total. The molecule has 2 rings (SSSR count). The van der Waals surface area contributed by atoms with Gasteiger partial charge in [-0.25, -0.2) is 8.42 Å². The summed E-state index contributed by atoms with van der Waals surface area (Å²) in [6.07, 6.45) is -0.116. The van der Waals surface area contributed by atoms with E-state index < -0.39 is 30.7 Å². The predicted octanol–water partition coefficient (Wildman–Crippen LogP) is 5.76. The Hall–Kier alpha value is -1.55. The molecule has 34 heavy (non-hydrogen) atoms. The molecule has 0 aliphatic carbocycles. The quantitative estimate of drug-likeness (QED) is 0.270. The van der Waals surface area contributed by atoms with Crippen molar-refractivity contribution in [3.63, 3.8) is 0 Å². The SMILES string of the molecule is COC(CCN([C@H](CO[Si](C)(C)C(C)(C)C)c1ccccc1)S(=O)(=O)c1ccc(C)cc1)OC. The van der Waals surface area contributed by atoms with Crippen molar-refractivity contribution in [2.75, 3.05) is 27.4 Å². The first kappa shape index (κ1) is 28.7. The first-order chi connectivity index (χ1) is 15.8. The molecule has 0 unspecified atom stereocenters. The van der Waals surface area contributed by atoms with Crippen LogP contribution >= 0.6 is 0 Å². The van der Waals surface area contributed by atoms with E-state index in [0.29, 0.717) is 6.42 Å². The van der Waals surface area contributed by atoms with Gasteiger partial charge in [-0.1, -0.05) is 68.8 Å². The number of rotatable bonds is 12. The minimum atomic E-state index is -3.82. The lowest BCUT2D eigenvalue weighted by Gasteiger charge is -2.39. The normalized spacial score (nSPS) is 14.1. The van der Waals surface area contributed by atoms with Gasteiger partial charge in [0.2, 0.25) is 10.0 Å². The zero-order chi connectivity index (χ0) is 25.6. The lowest BCUT2D eigenvalue weighted by Crippen LogP contribution is -2.45. The molecular weight excluding hydrogens is 466 g/mol. The molecule has 0 spiro atoms.